The number of ether oxygens (including phenoxy) is 1. The van der Waals surface area contributed by atoms with Crippen LogP contribution in [0.5, 0.6) is 0 Å². The number of hydrogen-bond acceptors (Lipinski definition) is 4. The summed E-state index contributed by atoms with van der Waals surface area (Å²) in [6.07, 6.45) is 0.680. The van der Waals surface area contributed by atoms with Gasteiger partial charge in [-0.15, -0.1) is 0 Å². The van der Waals surface area contributed by atoms with Crippen LogP contribution >= 0.6 is 0 Å². The van der Waals surface area contributed by atoms with E-state index in [0.717, 1.165) is 0 Å². The number of aliphatic carboxylic acids is 1. The Morgan fingerprint density at radius 1 is 1.62 bits per heavy atom. The number of nitrogens with one attached hydrogen (secondary N) is 1. The SMILES string of the molecule is CC(=O)NC(CS(=O)C1CCOC1)C(=O)O. The highest BCUT2D eigenvalue weighted by Gasteiger charge is 2.28. The average molecular weight is 249 g/mol. The Kier molecular flexibility index (Phi) is 4.88. The van der Waals surface area contributed by atoms with E-state index in [4.69, 9.17) is 9.84 Å². The fraction of sp³-hybridized carbons (Fsp3) is 0.778. The van der Waals surface area contributed by atoms with Crippen molar-refractivity contribution >= 4 is 22.7 Å². The van der Waals surface area contributed by atoms with Gasteiger partial charge in [0.05, 0.1) is 17.6 Å². The Hall–Kier alpha value is -0.950. The van der Waals surface area contributed by atoms with Crippen molar-refractivity contribution in [1.82, 2.24) is 5.32 Å². The number of rotatable bonds is 5. The van der Waals surface area contributed by atoms with Crippen molar-refractivity contribution in [1.29, 1.82) is 0 Å². The van der Waals surface area contributed by atoms with E-state index in [1.165, 1.54) is 6.92 Å². The molecular formula is C9H15NO5S. The molecule has 1 heterocycles. The van der Waals surface area contributed by atoms with Crippen molar-refractivity contribution in [2.75, 3.05) is 19.0 Å². The molecule has 0 aromatic heterocycles. The maximum Gasteiger partial charge on any atom is 0.327 e. The maximum absolute atomic E-state index is 11.8. The molecule has 0 aromatic carbocycles. The van der Waals surface area contributed by atoms with E-state index < -0.39 is 28.7 Å². The molecule has 1 saturated heterocycles. The van der Waals surface area contributed by atoms with Gasteiger partial charge in [-0.25, -0.2) is 4.79 Å². The van der Waals surface area contributed by atoms with Gasteiger partial charge in [-0.3, -0.25) is 9.00 Å². The van der Waals surface area contributed by atoms with E-state index in [9.17, 15) is 13.8 Å². The van der Waals surface area contributed by atoms with Crippen LogP contribution in [0.2, 0.25) is 0 Å². The molecule has 3 unspecified atom stereocenters. The highest BCUT2D eigenvalue weighted by Crippen LogP contribution is 2.11. The summed E-state index contributed by atoms with van der Waals surface area (Å²) in [5.41, 5.74) is 0. The molecule has 0 aliphatic carbocycles. The molecule has 3 atom stereocenters. The third-order valence-corrected chi connectivity index (χ3v) is 4.04. The molecule has 0 radical (unpaired) electrons. The Morgan fingerprint density at radius 3 is 2.75 bits per heavy atom. The normalized spacial score (nSPS) is 23.7. The second kappa shape index (κ2) is 5.95. The second-order valence-electron chi connectivity index (χ2n) is 3.62. The van der Waals surface area contributed by atoms with Crippen LogP contribution in [0.4, 0.5) is 0 Å². The first-order chi connectivity index (χ1) is 7.50. The van der Waals surface area contributed by atoms with Crippen LogP contribution in [0.25, 0.3) is 0 Å². The lowest BCUT2D eigenvalue weighted by Crippen LogP contribution is -2.44. The summed E-state index contributed by atoms with van der Waals surface area (Å²) in [7, 11) is -1.28. The zero-order valence-electron chi connectivity index (χ0n) is 8.97. The van der Waals surface area contributed by atoms with Crippen LogP contribution in [0, 0.1) is 0 Å². The lowest BCUT2D eigenvalue weighted by molar-refractivity contribution is -0.140. The summed E-state index contributed by atoms with van der Waals surface area (Å²) in [5, 5.41) is 11.0. The molecule has 1 rings (SSSR count). The third kappa shape index (κ3) is 3.90. The Balaban J connectivity index is 2.50. The van der Waals surface area contributed by atoms with Gasteiger partial charge in [0.15, 0.2) is 0 Å². The first-order valence-electron chi connectivity index (χ1n) is 4.95. The van der Waals surface area contributed by atoms with Gasteiger partial charge in [0, 0.05) is 24.3 Å². The highest BCUT2D eigenvalue weighted by molar-refractivity contribution is 7.85. The number of amides is 1. The summed E-state index contributed by atoms with van der Waals surface area (Å²) in [5.74, 6) is -1.67. The molecular weight excluding hydrogens is 234 g/mol. The highest BCUT2D eigenvalue weighted by atomic mass is 32.2. The van der Waals surface area contributed by atoms with Crippen LogP contribution in [0.3, 0.4) is 0 Å². The van der Waals surface area contributed by atoms with Crippen molar-refractivity contribution in [3.63, 3.8) is 0 Å². The first kappa shape index (κ1) is 13.1. The molecule has 1 amide bonds. The largest absolute Gasteiger partial charge is 0.480 e. The molecule has 1 aliphatic heterocycles. The number of hydrogen-bond donors (Lipinski definition) is 2. The van der Waals surface area contributed by atoms with Gasteiger partial charge in [0.2, 0.25) is 5.91 Å². The van der Waals surface area contributed by atoms with E-state index in [1.54, 1.807) is 0 Å². The van der Waals surface area contributed by atoms with E-state index in [0.29, 0.717) is 19.6 Å². The predicted octanol–water partition coefficient (Wildman–Crippen LogP) is -0.887. The monoisotopic (exact) mass is 249 g/mol. The standard InChI is InChI=1S/C9H15NO5S/c1-6(11)10-8(9(12)13)5-16(14)7-2-3-15-4-7/h7-8H,2-5H2,1H3,(H,10,11)(H,12,13). The molecule has 6 nitrogen and oxygen atoms in total. The van der Waals surface area contributed by atoms with Gasteiger partial charge in [-0.2, -0.15) is 0 Å². The summed E-state index contributed by atoms with van der Waals surface area (Å²) in [4.78, 5) is 21.6. The Labute approximate surface area is 95.8 Å². The molecule has 7 heteroatoms. The van der Waals surface area contributed by atoms with Gasteiger partial charge in [-0.05, 0) is 6.42 Å². The molecule has 2 N–H and O–H groups in total. The van der Waals surface area contributed by atoms with Crippen LogP contribution in [0.15, 0.2) is 0 Å². The van der Waals surface area contributed by atoms with Gasteiger partial charge in [-0.1, -0.05) is 0 Å². The predicted molar refractivity (Wildman–Crippen MR) is 57.5 cm³/mol. The van der Waals surface area contributed by atoms with Gasteiger partial charge < -0.3 is 15.2 Å². The Bertz CT molecular complexity index is 300. The zero-order valence-corrected chi connectivity index (χ0v) is 9.79. The number of carbonyl (C=O) groups is 2. The van der Waals surface area contributed by atoms with Crippen LogP contribution in [-0.4, -0.2) is 51.5 Å². The van der Waals surface area contributed by atoms with Gasteiger partial charge >= 0.3 is 5.97 Å². The average Bonchev–Trinajstić information content (AvgIpc) is 2.68. The fourth-order valence-electron chi connectivity index (χ4n) is 1.44. The van der Waals surface area contributed by atoms with E-state index in [-0.39, 0.29) is 11.0 Å². The van der Waals surface area contributed by atoms with Gasteiger partial charge in [0.1, 0.15) is 6.04 Å². The lowest BCUT2D eigenvalue weighted by atomic mass is 10.3. The quantitative estimate of drug-likeness (QED) is 0.659. The molecule has 1 fully saturated rings. The third-order valence-electron chi connectivity index (χ3n) is 2.27. The van der Waals surface area contributed by atoms with Crippen LogP contribution < -0.4 is 5.32 Å². The number of carboxylic acid groups (broad SMARTS) is 1. The smallest absolute Gasteiger partial charge is 0.327 e. The van der Waals surface area contributed by atoms with E-state index >= 15 is 0 Å². The van der Waals surface area contributed by atoms with Crippen LogP contribution in [0.1, 0.15) is 13.3 Å². The van der Waals surface area contributed by atoms with Crippen molar-refractivity contribution < 1.29 is 23.6 Å². The minimum atomic E-state index is -1.28. The summed E-state index contributed by atoms with van der Waals surface area (Å²) < 4.78 is 16.8. The number of carboxylic acids is 1. The van der Waals surface area contributed by atoms with Crippen molar-refractivity contribution in [2.24, 2.45) is 0 Å². The Morgan fingerprint density at radius 2 is 2.31 bits per heavy atom. The molecule has 0 saturated carbocycles. The molecule has 1 aliphatic rings. The molecule has 92 valence electrons. The lowest BCUT2D eigenvalue weighted by Gasteiger charge is -2.15. The fourth-order valence-corrected chi connectivity index (χ4v) is 2.87. The van der Waals surface area contributed by atoms with E-state index in [1.807, 2.05) is 0 Å². The second-order valence-corrected chi connectivity index (χ2v) is 5.39. The van der Waals surface area contributed by atoms with Crippen LogP contribution in [-0.2, 0) is 25.1 Å². The molecule has 16 heavy (non-hydrogen) atoms. The van der Waals surface area contributed by atoms with Crippen molar-refractivity contribution in [2.45, 2.75) is 24.6 Å². The van der Waals surface area contributed by atoms with E-state index in [2.05, 4.69) is 5.32 Å². The first-order valence-corrected chi connectivity index (χ1v) is 6.33. The molecule has 0 bridgehead atoms. The minimum absolute atomic E-state index is 0.0665. The number of carbonyl (C=O) groups excluding carboxylic acids is 1. The summed E-state index contributed by atoms with van der Waals surface area (Å²) in [6.45, 7) is 2.20. The zero-order chi connectivity index (χ0) is 12.1. The topological polar surface area (TPSA) is 92.7 Å². The van der Waals surface area contributed by atoms with Crippen molar-refractivity contribution in [3.05, 3.63) is 0 Å². The minimum Gasteiger partial charge on any atom is -0.480 e. The maximum atomic E-state index is 11.8. The van der Waals surface area contributed by atoms with Gasteiger partial charge in [0.25, 0.3) is 0 Å². The molecule has 0 spiro atoms. The summed E-state index contributed by atoms with van der Waals surface area (Å²) in [6, 6.07) is -1.08. The van der Waals surface area contributed by atoms with Crippen molar-refractivity contribution in [3.8, 4) is 0 Å². The summed E-state index contributed by atoms with van der Waals surface area (Å²) >= 11 is 0. The molecule has 0 aromatic rings.